The number of fused-ring (bicyclic) bond motifs is 1. The fraction of sp³-hybridized carbons (Fsp3) is 0.308. The topological polar surface area (TPSA) is 84.2 Å². The lowest BCUT2D eigenvalue weighted by Gasteiger charge is -2.08. The van der Waals surface area contributed by atoms with Gasteiger partial charge in [-0.15, -0.1) is 0 Å². The molecule has 6 rings (SSSR count). The average molecular weight is 491 g/mol. The van der Waals surface area contributed by atoms with Gasteiger partial charge in [-0.2, -0.15) is 0 Å². The highest BCUT2D eigenvalue weighted by molar-refractivity contribution is 6.30. The number of carbonyl (C=O) groups excluding carboxylic acids is 1. The van der Waals surface area contributed by atoms with Crippen molar-refractivity contribution in [2.75, 3.05) is 17.2 Å². The number of hydrogen-bond donors (Lipinski definition) is 2. The van der Waals surface area contributed by atoms with Crippen molar-refractivity contribution in [1.82, 2.24) is 19.4 Å². The average Bonchev–Trinajstić information content (AvgIpc) is 3.79. The minimum absolute atomic E-state index is 0.0843. The number of imidazole rings is 1. The Labute approximate surface area is 206 Å². The zero-order chi connectivity index (χ0) is 23.9. The highest BCUT2D eigenvalue weighted by atomic mass is 35.5. The van der Waals surface area contributed by atoms with Crippen LogP contribution in [-0.4, -0.2) is 31.7 Å². The van der Waals surface area contributed by atoms with E-state index in [0.29, 0.717) is 24.1 Å². The van der Waals surface area contributed by atoms with Crippen molar-refractivity contribution < 1.29 is 9.18 Å². The van der Waals surface area contributed by atoms with E-state index in [0.717, 1.165) is 23.3 Å². The van der Waals surface area contributed by atoms with Gasteiger partial charge in [0.2, 0.25) is 0 Å². The van der Waals surface area contributed by atoms with Crippen LogP contribution in [0.3, 0.4) is 0 Å². The van der Waals surface area contributed by atoms with E-state index in [9.17, 15) is 9.18 Å². The number of anilines is 2. The number of pyridine rings is 1. The molecule has 0 unspecified atom stereocenters. The summed E-state index contributed by atoms with van der Waals surface area (Å²) in [4.78, 5) is 25.8. The van der Waals surface area contributed by atoms with Crippen molar-refractivity contribution >= 4 is 34.7 Å². The minimum atomic E-state index is -0.447. The van der Waals surface area contributed by atoms with Crippen LogP contribution >= 0.6 is 11.6 Å². The van der Waals surface area contributed by atoms with Crippen molar-refractivity contribution in [3.8, 4) is 0 Å². The van der Waals surface area contributed by atoms with Crippen LogP contribution in [0.5, 0.6) is 0 Å². The molecule has 7 nitrogen and oxygen atoms in total. The van der Waals surface area contributed by atoms with Crippen LogP contribution in [0, 0.1) is 11.7 Å². The largest absolute Gasteiger partial charge is 0.364 e. The summed E-state index contributed by atoms with van der Waals surface area (Å²) >= 11 is 5.88. The maximum atomic E-state index is 13.4. The summed E-state index contributed by atoms with van der Waals surface area (Å²) in [7, 11) is 0. The number of benzene rings is 1. The Hall–Kier alpha value is -3.52. The van der Waals surface area contributed by atoms with Gasteiger partial charge >= 0.3 is 0 Å². The Kier molecular flexibility index (Phi) is 5.60. The van der Waals surface area contributed by atoms with Crippen LogP contribution < -0.4 is 10.6 Å². The number of halogens is 2. The standard InChI is InChI=1S/C26H24ClFN6O/c27-21-7-16(3-5-22(21)28)19-8-20(19)23(35)11-30-25-9-24(31-14-32-25)29-10-18-13-34-12-17(15-1-2-15)4-6-26(34)33-18/h3-7,9,12-15,19-20H,1-2,8,10-11H2,(H2,29,30,31,32)/t19-,20+/m1/s1. The predicted molar refractivity (Wildman–Crippen MR) is 132 cm³/mol. The first kappa shape index (κ1) is 22.0. The molecule has 3 heterocycles. The van der Waals surface area contributed by atoms with E-state index < -0.39 is 5.82 Å². The number of Topliss-reactive ketones (excluding diaryl/α,β-unsaturated/α-hetero) is 1. The van der Waals surface area contributed by atoms with E-state index in [1.165, 1.54) is 30.8 Å². The molecule has 0 radical (unpaired) electrons. The fourth-order valence-electron chi connectivity index (χ4n) is 4.51. The first-order valence-corrected chi connectivity index (χ1v) is 12.2. The molecule has 4 aromatic rings. The second-order valence-corrected chi connectivity index (χ2v) is 9.73. The van der Waals surface area contributed by atoms with Gasteiger partial charge in [-0.05, 0) is 60.4 Å². The molecule has 2 saturated carbocycles. The zero-order valence-electron chi connectivity index (χ0n) is 18.9. The Morgan fingerprint density at radius 2 is 1.86 bits per heavy atom. The van der Waals surface area contributed by atoms with Gasteiger partial charge in [-0.25, -0.2) is 19.3 Å². The van der Waals surface area contributed by atoms with Crippen LogP contribution in [0.25, 0.3) is 5.65 Å². The number of nitrogens with zero attached hydrogens (tertiary/aromatic N) is 4. The van der Waals surface area contributed by atoms with Gasteiger partial charge < -0.3 is 15.0 Å². The molecule has 2 aliphatic rings. The molecule has 0 spiro atoms. The van der Waals surface area contributed by atoms with Crippen molar-refractivity contribution in [1.29, 1.82) is 0 Å². The summed E-state index contributed by atoms with van der Waals surface area (Å²) in [6.45, 7) is 0.697. The van der Waals surface area contributed by atoms with Crippen LogP contribution in [0.4, 0.5) is 16.0 Å². The molecule has 3 aromatic heterocycles. The molecular weight excluding hydrogens is 467 g/mol. The SMILES string of the molecule is O=C(CNc1cc(NCc2cn3cc(C4CC4)ccc3n2)ncn1)[C@H]1C[C@@H]1c1ccc(F)c(Cl)c1. The quantitative estimate of drug-likeness (QED) is 0.336. The van der Waals surface area contributed by atoms with Crippen molar-refractivity contribution in [2.45, 2.75) is 37.6 Å². The molecular formula is C26H24ClFN6O. The Balaban J connectivity index is 1.03. The van der Waals surface area contributed by atoms with E-state index in [2.05, 4.69) is 48.3 Å². The van der Waals surface area contributed by atoms with Crippen LogP contribution in [0.2, 0.25) is 5.02 Å². The Bertz CT molecular complexity index is 1420. The van der Waals surface area contributed by atoms with Crippen molar-refractivity contribution in [2.24, 2.45) is 5.92 Å². The van der Waals surface area contributed by atoms with E-state index in [-0.39, 0.29) is 29.2 Å². The maximum Gasteiger partial charge on any atom is 0.155 e. The number of nitrogens with one attached hydrogen (secondary N) is 2. The summed E-state index contributed by atoms with van der Waals surface area (Å²) in [6.07, 6.45) is 8.96. The van der Waals surface area contributed by atoms with Crippen molar-refractivity contribution in [3.63, 3.8) is 0 Å². The third-order valence-corrected chi connectivity index (χ3v) is 7.00. The molecule has 0 amide bonds. The van der Waals surface area contributed by atoms with E-state index in [1.807, 2.05) is 6.20 Å². The number of aromatic nitrogens is 4. The number of hydrogen-bond acceptors (Lipinski definition) is 6. The molecule has 2 aliphatic carbocycles. The lowest BCUT2D eigenvalue weighted by atomic mass is 10.1. The number of rotatable bonds is 9. The Morgan fingerprint density at radius 1 is 1.06 bits per heavy atom. The van der Waals surface area contributed by atoms with Gasteiger partial charge in [0, 0.05) is 24.4 Å². The molecule has 0 bridgehead atoms. The van der Waals surface area contributed by atoms with E-state index >= 15 is 0 Å². The second-order valence-electron chi connectivity index (χ2n) is 9.32. The van der Waals surface area contributed by atoms with E-state index in [1.54, 1.807) is 18.2 Å². The molecule has 2 atom stereocenters. The predicted octanol–water partition coefficient (Wildman–Crippen LogP) is 5.19. The first-order chi connectivity index (χ1) is 17.0. The van der Waals surface area contributed by atoms with E-state index in [4.69, 9.17) is 11.6 Å². The van der Waals surface area contributed by atoms with Gasteiger partial charge in [-0.3, -0.25) is 4.79 Å². The third kappa shape index (κ3) is 4.84. The monoisotopic (exact) mass is 490 g/mol. The third-order valence-electron chi connectivity index (χ3n) is 6.71. The molecule has 0 aliphatic heterocycles. The van der Waals surface area contributed by atoms with Gasteiger partial charge in [0.05, 0.1) is 23.8 Å². The molecule has 9 heteroatoms. The zero-order valence-corrected chi connectivity index (χ0v) is 19.7. The summed E-state index contributed by atoms with van der Waals surface area (Å²) in [5, 5.41) is 6.46. The lowest BCUT2D eigenvalue weighted by molar-refractivity contribution is -0.118. The molecule has 2 N–H and O–H groups in total. The minimum Gasteiger partial charge on any atom is -0.364 e. The van der Waals surface area contributed by atoms with Crippen LogP contribution in [-0.2, 0) is 11.3 Å². The molecule has 2 fully saturated rings. The molecule has 178 valence electrons. The van der Waals surface area contributed by atoms with Crippen LogP contribution in [0.15, 0.2) is 55.1 Å². The van der Waals surface area contributed by atoms with Crippen molar-refractivity contribution in [3.05, 3.63) is 82.8 Å². The smallest absolute Gasteiger partial charge is 0.155 e. The highest BCUT2D eigenvalue weighted by Crippen LogP contribution is 2.48. The van der Waals surface area contributed by atoms with Gasteiger partial charge in [0.25, 0.3) is 0 Å². The van der Waals surface area contributed by atoms with Gasteiger partial charge in [0.15, 0.2) is 5.78 Å². The Morgan fingerprint density at radius 3 is 2.66 bits per heavy atom. The summed E-state index contributed by atoms with van der Waals surface area (Å²) in [5.41, 5.74) is 4.12. The summed E-state index contributed by atoms with van der Waals surface area (Å²) in [6, 6.07) is 10.7. The maximum absolute atomic E-state index is 13.4. The fourth-order valence-corrected chi connectivity index (χ4v) is 4.70. The lowest BCUT2D eigenvalue weighted by Crippen LogP contribution is -2.17. The molecule has 1 aromatic carbocycles. The second kappa shape index (κ2) is 8.92. The normalized spacial score (nSPS) is 19.0. The van der Waals surface area contributed by atoms with Gasteiger partial charge in [0.1, 0.15) is 29.4 Å². The summed E-state index contributed by atoms with van der Waals surface area (Å²) < 4.78 is 15.5. The number of carbonyl (C=O) groups is 1. The highest BCUT2D eigenvalue weighted by Gasteiger charge is 2.43. The first-order valence-electron chi connectivity index (χ1n) is 11.8. The van der Waals surface area contributed by atoms with Gasteiger partial charge in [-0.1, -0.05) is 23.7 Å². The number of ketones is 1. The summed E-state index contributed by atoms with van der Waals surface area (Å²) in [5.74, 6) is 1.58. The van der Waals surface area contributed by atoms with Crippen LogP contribution in [0.1, 0.15) is 47.9 Å². The molecule has 35 heavy (non-hydrogen) atoms. The molecule has 0 saturated heterocycles.